The summed E-state index contributed by atoms with van der Waals surface area (Å²) >= 11 is 12.2. The third kappa shape index (κ3) is 6.85. The normalized spacial score (nSPS) is 18.6. The maximum atomic E-state index is 12.4. The van der Waals surface area contributed by atoms with Crippen LogP contribution in [0.5, 0.6) is 0 Å². The zero-order chi connectivity index (χ0) is 20.6. The SMILES string of the molecule is O=C(CN1CCCN(CC(=O)N2CCCC2)CC1)NCCc1cccc(Cl)c1Cl. The van der Waals surface area contributed by atoms with Crippen LogP contribution in [0.2, 0.25) is 10.0 Å². The molecule has 0 saturated carbocycles. The standard InChI is InChI=1S/C21H30Cl2N4O2/c22-18-6-3-5-17(21(18)23)7-8-24-19(28)15-25-9-4-10-26(14-13-25)16-20(29)27-11-1-2-12-27/h3,5-6H,1-2,4,7-16H2,(H,24,28). The zero-order valence-electron chi connectivity index (χ0n) is 16.8. The van der Waals surface area contributed by atoms with Gasteiger partial charge in [0.15, 0.2) is 0 Å². The molecule has 1 aromatic carbocycles. The molecule has 2 saturated heterocycles. The summed E-state index contributed by atoms with van der Waals surface area (Å²) in [6.07, 6.45) is 3.87. The van der Waals surface area contributed by atoms with Crippen LogP contribution < -0.4 is 5.32 Å². The van der Waals surface area contributed by atoms with Gasteiger partial charge in [-0.25, -0.2) is 0 Å². The Balaban J connectivity index is 1.36. The number of hydrogen-bond donors (Lipinski definition) is 1. The second kappa shape index (κ2) is 11.2. The van der Waals surface area contributed by atoms with Gasteiger partial charge in [0.25, 0.3) is 0 Å². The Bertz CT molecular complexity index is 710. The molecular weight excluding hydrogens is 411 g/mol. The van der Waals surface area contributed by atoms with E-state index in [1.165, 1.54) is 0 Å². The van der Waals surface area contributed by atoms with Crippen LogP contribution in [0.4, 0.5) is 0 Å². The number of rotatable bonds is 7. The van der Waals surface area contributed by atoms with E-state index in [0.717, 1.165) is 64.1 Å². The Morgan fingerprint density at radius 2 is 1.59 bits per heavy atom. The Labute approximate surface area is 183 Å². The predicted molar refractivity (Wildman–Crippen MR) is 116 cm³/mol. The maximum absolute atomic E-state index is 12.4. The topological polar surface area (TPSA) is 55.9 Å². The largest absolute Gasteiger partial charge is 0.355 e. The van der Waals surface area contributed by atoms with Crippen molar-refractivity contribution in [1.29, 1.82) is 0 Å². The van der Waals surface area contributed by atoms with Crippen LogP contribution in [-0.2, 0) is 16.0 Å². The van der Waals surface area contributed by atoms with Gasteiger partial charge in [-0.2, -0.15) is 0 Å². The van der Waals surface area contributed by atoms with E-state index in [1.54, 1.807) is 6.07 Å². The molecule has 0 atom stereocenters. The molecule has 6 nitrogen and oxygen atoms in total. The molecular formula is C21H30Cl2N4O2. The van der Waals surface area contributed by atoms with Crippen LogP contribution in [0, 0.1) is 0 Å². The number of benzene rings is 1. The molecule has 2 amide bonds. The highest BCUT2D eigenvalue weighted by molar-refractivity contribution is 6.42. The highest BCUT2D eigenvalue weighted by atomic mass is 35.5. The van der Waals surface area contributed by atoms with Gasteiger partial charge >= 0.3 is 0 Å². The fourth-order valence-corrected chi connectivity index (χ4v) is 4.35. The maximum Gasteiger partial charge on any atom is 0.236 e. The third-order valence-electron chi connectivity index (χ3n) is 5.61. The van der Waals surface area contributed by atoms with Crippen molar-refractivity contribution in [3.63, 3.8) is 0 Å². The Morgan fingerprint density at radius 3 is 2.31 bits per heavy atom. The smallest absolute Gasteiger partial charge is 0.236 e. The molecule has 2 aliphatic rings. The van der Waals surface area contributed by atoms with Gasteiger partial charge in [-0.05, 0) is 50.4 Å². The molecule has 1 aromatic rings. The van der Waals surface area contributed by atoms with Crippen LogP contribution in [0.25, 0.3) is 0 Å². The van der Waals surface area contributed by atoms with Gasteiger partial charge in [-0.15, -0.1) is 0 Å². The first-order valence-corrected chi connectivity index (χ1v) is 11.2. The van der Waals surface area contributed by atoms with Crippen molar-refractivity contribution in [3.05, 3.63) is 33.8 Å². The first-order chi connectivity index (χ1) is 14.0. The lowest BCUT2D eigenvalue weighted by Gasteiger charge is -2.23. The van der Waals surface area contributed by atoms with Crippen molar-refractivity contribution in [1.82, 2.24) is 20.0 Å². The molecule has 2 fully saturated rings. The molecule has 2 heterocycles. The summed E-state index contributed by atoms with van der Waals surface area (Å²) in [4.78, 5) is 31.0. The van der Waals surface area contributed by atoms with Crippen molar-refractivity contribution >= 4 is 35.0 Å². The van der Waals surface area contributed by atoms with Crippen molar-refractivity contribution in [2.45, 2.75) is 25.7 Å². The molecule has 29 heavy (non-hydrogen) atoms. The molecule has 1 N–H and O–H groups in total. The van der Waals surface area contributed by atoms with Gasteiger partial charge < -0.3 is 10.2 Å². The molecule has 0 aliphatic carbocycles. The number of nitrogens with one attached hydrogen (secondary N) is 1. The number of hydrogen-bond acceptors (Lipinski definition) is 4. The van der Waals surface area contributed by atoms with E-state index in [9.17, 15) is 9.59 Å². The number of nitrogens with zero attached hydrogens (tertiary/aromatic N) is 3. The average Bonchev–Trinajstić information content (AvgIpc) is 3.15. The van der Waals surface area contributed by atoms with Crippen LogP contribution in [0.1, 0.15) is 24.8 Å². The summed E-state index contributed by atoms with van der Waals surface area (Å²) in [6, 6.07) is 5.54. The van der Waals surface area contributed by atoms with Gasteiger partial charge in [-0.1, -0.05) is 35.3 Å². The van der Waals surface area contributed by atoms with E-state index in [-0.39, 0.29) is 11.8 Å². The van der Waals surface area contributed by atoms with Crippen molar-refractivity contribution < 1.29 is 9.59 Å². The molecule has 0 bridgehead atoms. The first kappa shape index (κ1) is 22.3. The van der Waals surface area contributed by atoms with Gasteiger partial charge in [0.1, 0.15) is 0 Å². The van der Waals surface area contributed by atoms with Crippen LogP contribution >= 0.6 is 23.2 Å². The van der Waals surface area contributed by atoms with Gasteiger partial charge in [0.05, 0.1) is 23.1 Å². The summed E-state index contributed by atoms with van der Waals surface area (Å²) in [7, 11) is 0. The minimum absolute atomic E-state index is 0.0183. The Hall–Kier alpha value is -1.34. The van der Waals surface area contributed by atoms with Crippen LogP contribution in [0.3, 0.4) is 0 Å². The van der Waals surface area contributed by atoms with Gasteiger partial charge in [0, 0.05) is 32.7 Å². The lowest BCUT2D eigenvalue weighted by atomic mass is 10.1. The molecule has 0 radical (unpaired) electrons. The summed E-state index contributed by atoms with van der Waals surface area (Å²) in [5.74, 6) is 0.262. The second-order valence-corrected chi connectivity index (χ2v) is 8.59. The van der Waals surface area contributed by atoms with Crippen LogP contribution in [-0.4, -0.2) is 85.4 Å². The minimum atomic E-state index is 0.0183. The highest BCUT2D eigenvalue weighted by Gasteiger charge is 2.22. The predicted octanol–water partition coefficient (Wildman–Crippen LogP) is 2.28. The summed E-state index contributed by atoms with van der Waals surface area (Å²) < 4.78 is 0. The fraction of sp³-hybridized carbons (Fsp3) is 0.619. The first-order valence-electron chi connectivity index (χ1n) is 10.4. The zero-order valence-corrected chi connectivity index (χ0v) is 18.4. The molecule has 8 heteroatoms. The molecule has 2 aliphatic heterocycles. The number of halogens is 2. The van der Waals surface area contributed by atoms with E-state index in [2.05, 4.69) is 15.1 Å². The fourth-order valence-electron chi connectivity index (χ4n) is 3.94. The second-order valence-electron chi connectivity index (χ2n) is 7.81. The Kier molecular flexibility index (Phi) is 8.60. The van der Waals surface area contributed by atoms with Gasteiger partial charge in [-0.3, -0.25) is 19.4 Å². The highest BCUT2D eigenvalue weighted by Crippen LogP contribution is 2.25. The monoisotopic (exact) mass is 440 g/mol. The van der Waals surface area contributed by atoms with Crippen molar-refractivity contribution in [3.8, 4) is 0 Å². The summed E-state index contributed by atoms with van der Waals surface area (Å²) in [5.41, 5.74) is 0.938. The third-order valence-corrected chi connectivity index (χ3v) is 6.47. The number of amides is 2. The molecule has 3 rings (SSSR count). The molecule has 160 valence electrons. The lowest BCUT2D eigenvalue weighted by molar-refractivity contribution is -0.131. The number of carbonyl (C=O) groups excluding carboxylic acids is 2. The van der Waals surface area contributed by atoms with E-state index in [0.29, 0.717) is 36.1 Å². The summed E-state index contributed by atoms with van der Waals surface area (Å²) in [6.45, 7) is 6.64. The number of carbonyl (C=O) groups is 2. The van der Waals surface area contributed by atoms with Crippen LogP contribution in [0.15, 0.2) is 18.2 Å². The van der Waals surface area contributed by atoms with Crippen molar-refractivity contribution in [2.24, 2.45) is 0 Å². The quantitative estimate of drug-likeness (QED) is 0.706. The minimum Gasteiger partial charge on any atom is -0.355 e. The molecule has 0 unspecified atom stereocenters. The molecule has 0 spiro atoms. The van der Waals surface area contributed by atoms with E-state index >= 15 is 0 Å². The van der Waals surface area contributed by atoms with Crippen molar-refractivity contribution in [2.75, 3.05) is 58.9 Å². The van der Waals surface area contributed by atoms with E-state index in [4.69, 9.17) is 23.2 Å². The van der Waals surface area contributed by atoms with Gasteiger partial charge in [0.2, 0.25) is 11.8 Å². The summed E-state index contributed by atoms with van der Waals surface area (Å²) in [5, 5.41) is 4.06. The number of likely N-dealkylation sites (tertiary alicyclic amines) is 1. The Morgan fingerprint density at radius 1 is 0.897 bits per heavy atom. The van der Waals surface area contributed by atoms with E-state index < -0.39 is 0 Å². The average molecular weight is 441 g/mol. The molecule has 0 aromatic heterocycles. The van der Waals surface area contributed by atoms with E-state index in [1.807, 2.05) is 17.0 Å². The lowest BCUT2D eigenvalue weighted by Crippen LogP contribution is -2.42.